The highest BCUT2D eigenvalue weighted by molar-refractivity contribution is 7.89. The van der Waals surface area contributed by atoms with E-state index in [1.165, 1.54) is 12.1 Å². The zero-order valence-corrected chi connectivity index (χ0v) is 15.3. The lowest BCUT2D eigenvalue weighted by molar-refractivity contribution is -0.216. The maximum Gasteiger partial charge on any atom is 0.400 e. The van der Waals surface area contributed by atoms with Crippen molar-refractivity contribution in [2.45, 2.75) is 50.2 Å². The Bertz CT molecular complexity index is 859. The minimum atomic E-state index is -4.69. The van der Waals surface area contributed by atoms with E-state index in [0.717, 1.165) is 15.9 Å². The summed E-state index contributed by atoms with van der Waals surface area (Å²) in [5.74, 6) is -0.592. The topological polar surface area (TPSA) is 54.5 Å². The molecular weight excluding hydrogens is 367 g/mol. The minimum absolute atomic E-state index is 0.0339. The van der Waals surface area contributed by atoms with E-state index in [2.05, 4.69) is 0 Å². The summed E-state index contributed by atoms with van der Waals surface area (Å²) in [6, 6.07) is 4.72. The summed E-state index contributed by atoms with van der Waals surface area (Å²) in [5.41, 5.74) is -1.69. The van der Waals surface area contributed by atoms with Gasteiger partial charge in [-0.1, -0.05) is 31.0 Å². The molecule has 0 amide bonds. The number of sulfonamides is 1. The number of alkyl halides is 3. The molecule has 8 heteroatoms. The number of fused-ring (bicyclic) bond motifs is 1. The van der Waals surface area contributed by atoms with Gasteiger partial charge in [-0.25, -0.2) is 8.42 Å². The third-order valence-electron chi connectivity index (χ3n) is 5.30. The van der Waals surface area contributed by atoms with Gasteiger partial charge >= 0.3 is 6.18 Å². The maximum atomic E-state index is 14.1. The molecule has 142 valence electrons. The number of aryl methyl sites for hydroxylation is 1. The molecule has 26 heavy (non-hydrogen) atoms. The van der Waals surface area contributed by atoms with E-state index in [1.54, 1.807) is 26.0 Å². The summed E-state index contributed by atoms with van der Waals surface area (Å²) in [6.07, 6.45) is -4.00. The Morgan fingerprint density at radius 1 is 1.23 bits per heavy atom. The maximum absolute atomic E-state index is 14.1. The lowest BCUT2D eigenvalue weighted by Crippen LogP contribution is -2.50. The number of ketones is 1. The number of allylic oxidation sites excluding steroid dienone is 1. The Labute approximate surface area is 150 Å². The van der Waals surface area contributed by atoms with Crippen molar-refractivity contribution >= 4 is 15.8 Å². The second kappa shape index (κ2) is 6.20. The normalized spacial score (nSPS) is 26.9. The van der Waals surface area contributed by atoms with Crippen LogP contribution in [0.15, 0.2) is 40.8 Å². The number of carbonyl (C=O) groups is 1. The standard InChI is InChI=1S/C18H20F3NO3S/c1-3-4-16-17(18(19,20)21)10-14(23)9-13(17)11-22(16)26(24,25)15-7-5-12(2)6-8-15/h5-9,16H,3-4,10-11H2,1-2H3/t16?,17-/m0/s1. The van der Waals surface area contributed by atoms with Gasteiger partial charge in [-0.3, -0.25) is 4.79 Å². The third kappa shape index (κ3) is 2.70. The quantitative estimate of drug-likeness (QED) is 0.793. The predicted molar refractivity (Wildman–Crippen MR) is 90.0 cm³/mol. The van der Waals surface area contributed by atoms with E-state index in [4.69, 9.17) is 0 Å². The monoisotopic (exact) mass is 387 g/mol. The van der Waals surface area contributed by atoms with Crippen molar-refractivity contribution in [1.29, 1.82) is 0 Å². The Morgan fingerprint density at radius 3 is 2.38 bits per heavy atom. The summed E-state index contributed by atoms with van der Waals surface area (Å²) in [4.78, 5) is 11.7. The fraction of sp³-hybridized carbons (Fsp3) is 0.500. The number of hydrogen-bond donors (Lipinski definition) is 0. The Kier molecular flexibility index (Phi) is 4.55. The van der Waals surface area contributed by atoms with Crippen LogP contribution in [-0.4, -0.2) is 37.3 Å². The molecule has 0 saturated carbocycles. The number of hydrogen-bond acceptors (Lipinski definition) is 3. The SMILES string of the molecule is CCCC1N(S(=O)(=O)c2ccc(C)cc2)CC2=CC(=O)C[C@]21C(F)(F)F. The number of halogens is 3. The van der Waals surface area contributed by atoms with Crippen LogP contribution in [0.1, 0.15) is 31.7 Å². The highest BCUT2D eigenvalue weighted by Gasteiger charge is 2.69. The molecule has 0 aromatic heterocycles. The molecule has 0 radical (unpaired) electrons. The van der Waals surface area contributed by atoms with Crippen molar-refractivity contribution in [2.24, 2.45) is 5.41 Å². The zero-order chi connectivity index (χ0) is 19.3. The smallest absolute Gasteiger partial charge is 0.295 e. The molecule has 0 spiro atoms. The Morgan fingerprint density at radius 2 is 1.85 bits per heavy atom. The van der Waals surface area contributed by atoms with Crippen LogP contribution < -0.4 is 0 Å². The molecule has 1 aliphatic carbocycles. The second-order valence-electron chi connectivity index (χ2n) is 6.95. The molecule has 2 aliphatic rings. The van der Waals surface area contributed by atoms with Gasteiger partial charge in [-0.2, -0.15) is 17.5 Å². The molecule has 1 aromatic rings. The summed E-state index contributed by atoms with van der Waals surface area (Å²) in [7, 11) is -4.10. The molecule has 0 bridgehead atoms. The lowest BCUT2D eigenvalue weighted by atomic mass is 9.75. The highest BCUT2D eigenvalue weighted by Crippen LogP contribution is 2.59. The lowest BCUT2D eigenvalue weighted by Gasteiger charge is -2.37. The molecule has 1 heterocycles. The van der Waals surface area contributed by atoms with E-state index in [1.807, 2.05) is 0 Å². The van der Waals surface area contributed by atoms with Crippen LogP contribution in [0, 0.1) is 12.3 Å². The van der Waals surface area contributed by atoms with Gasteiger partial charge in [-0.05, 0) is 37.1 Å². The van der Waals surface area contributed by atoms with Gasteiger partial charge < -0.3 is 0 Å². The number of carbonyl (C=O) groups excluding carboxylic acids is 1. The van der Waals surface area contributed by atoms with Gasteiger partial charge in [0.15, 0.2) is 5.78 Å². The van der Waals surface area contributed by atoms with E-state index in [0.29, 0.717) is 6.42 Å². The van der Waals surface area contributed by atoms with E-state index in [-0.39, 0.29) is 16.9 Å². The van der Waals surface area contributed by atoms with Crippen molar-refractivity contribution in [3.8, 4) is 0 Å². The fourth-order valence-corrected chi connectivity index (χ4v) is 5.72. The largest absolute Gasteiger partial charge is 0.400 e. The zero-order valence-electron chi connectivity index (χ0n) is 14.5. The van der Waals surface area contributed by atoms with Crippen LogP contribution in [0.4, 0.5) is 13.2 Å². The first-order chi connectivity index (χ1) is 12.0. The average Bonchev–Trinajstić information content (AvgIpc) is 3.02. The number of rotatable bonds is 4. The van der Waals surface area contributed by atoms with Crippen molar-refractivity contribution in [3.63, 3.8) is 0 Å². The van der Waals surface area contributed by atoms with Crippen molar-refractivity contribution in [3.05, 3.63) is 41.5 Å². The molecule has 1 aliphatic heterocycles. The fourth-order valence-electron chi connectivity index (χ4n) is 4.04. The van der Waals surface area contributed by atoms with Crippen LogP contribution in [0.25, 0.3) is 0 Å². The Balaban J connectivity index is 2.13. The highest BCUT2D eigenvalue weighted by atomic mass is 32.2. The third-order valence-corrected chi connectivity index (χ3v) is 7.17. The van der Waals surface area contributed by atoms with Crippen LogP contribution >= 0.6 is 0 Å². The van der Waals surface area contributed by atoms with Crippen molar-refractivity contribution in [1.82, 2.24) is 4.31 Å². The number of benzene rings is 1. The van der Waals surface area contributed by atoms with Gasteiger partial charge in [0.1, 0.15) is 5.41 Å². The summed E-state index contributed by atoms with van der Waals surface area (Å²) >= 11 is 0. The first kappa shape index (κ1) is 19.1. The molecule has 0 N–H and O–H groups in total. The van der Waals surface area contributed by atoms with Gasteiger partial charge in [0.2, 0.25) is 10.0 Å². The van der Waals surface area contributed by atoms with Crippen LogP contribution in [0.3, 0.4) is 0 Å². The van der Waals surface area contributed by atoms with Crippen LogP contribution in [0.2, 0.25) is 0 Å². The molecule has 4 nitrogen and oxygen atoms in total. The molecule has 1 saturated heterocycles. The average molecular weight is 387 g/mol. The second-order valence-corrected chi connectivity index (χ2v) is 8.84. The van der Waals surface area contributed by atoms with E-state index < -0.39 is 46.4 Å². The van der Waals surface area contributed by atoms with Gasteiger partial charge in [0, 0.05) is 19.0 Å². The molecule has 1 aromatic carbocycles. The van der Waals surface area contributed by atoms with Gasteiger partial charge in [0.25, 0.3) is 0 Å². The first-order valence-electron chi connectivity index (χ1n) is 8.43. The van der Waals surface area contributed by atoms with Gasteiger partial charge in [-0.15, -0.1) is 0 Å². The summed E-state index contributed by atoms with van der Waals surface area (Å²) < 4.78 is 69.2. The molecule has 1 fully saturated rings. The van der Waals surface area contributed by atoms with Crippen molar-refractivity contribution < 1.29 is 26.4 Å². The molecule has 3 rings (SSSR count). The summed E-state index contributed by atoms with van der Waals surface area (Å²) in [5, 5.41) is 0. The predicted octanol–water partition coefficient (Wildman–Crippen LogP) is 3.62. The molecule has 2 atom stereocenters. The van der Waals surface area contributed by atoms with E-state index in [9.17, 15) is 26.4 Å². The Hall–Kier alpha value is -1.67. The minimum Gasteiger partial charge on any atom is -0.295 e. The number of nitrogens with zero attached hydrogens (tertiary/aromatic N) is 1. The van der Waals surface area contributed by atoms with Crippen LogP contribution in [0.5, 0.6) is 0 Å². The van der Waals surface area contributed by atoms with Crippen LogP contribution in [-0.2, 0) is 14.8 Å². The summed E-state index contributed by atoms with van der Waals surface area (Å²) in [6.45, 7) is 3.11. The van der Waals surface area contributed by atoms with Crippen molar-refractivity contribution in [2.75, 3.05) is 6.54 Å². The molecular formula is C18H20F3NO3S. The van der Waals surface area contributed by atoms with E-state index >= 15 is 0 Å². The first-order valence-corrected chi connectivity index (χ1v) is 9.87. The van der Waals surface area contributed by atoms with Gasteiger partial charge in [0.05, 0.1) is 4.90 Å². The molecule has 1 unspecified atom stereocenters.